The molecule has 2 heterocycles. The van der Waals surface area contributed by atoms with Gasteiger partial charge in [0.15, 0.2) is 0 Å². The van der Waals surface area contributed by atoms with Crippen LogP contribution in [-0.2, 0) is 11.3 Å². The van der Waals surface area contributed by atoms with Gasteiger partial charge in [-0.2, -0.15) is 0 Å². The summed E-state index contributed by atoms with van der Waals surface area (Å²) in [5, 5.41) is 0.678. The predicted molar refractivity (Wildman–Crippen MR) is 110 cm³/mol. The lowest BCUT2D eigenvalue weighted by atomic mass is 10.1. The molecule has 0 spiro atoms. The number of fused-ring (bicyclic) bond motifs is 1. The van der Waals surface area contributed by atoms with Crippen molar-refractivity contribution in [3.8, 4) is 0 Å². The Labute approximate surface area is 164 Å². The van der Waals surface area contributed by atoms with Crippen LogP contribution in [0.25, 0.3) is 11.0 Å². The molecular formula is C22H24ClN3O. The number of halogens is 1. The van der Waals surface area contributed by atoms with Gasteiger partial charge in [0.2, 0.25) is 5.91 Å². The molecule has 1 aliphatic rings. The number of nitrogens with zero attached hydrogens (tertiary/aromatic N) is 3. The highest BCUT2D eigenvalue weighted by atomic mass is 35.5. The monoisotopic (exact) mass is 381 g/mol. The van der Waals surface area contributed by atoms with Gasteiger partial charge in [-0.1, -0.05) is 44.0 Å². The van der Waals surface area contributed by atoms with Gasteiger partial charge in [-0.15, -0.1) is 0 Å². The van der Waals surface area contributed by atoms with Gasteiger partial charge in [0.05, 0.1) is 11.0 Å². The van der Waals surface area contributed by atoms with Crippen molar-refractivity contribution in [3.05, 3.63) is 59.4 Å². The molecule has 4 rings (SSSR count). The van der Waals surface area contributed by atoms with Crippen molar-refractivity contribution in [2.45, 2.75) is 39.2 Å². The number of rotatable bonds is 5. The SMILES string of the molecule is CCC(C)Cn1c(C2CC(=O)N(c3ccc(Cl)cc3)C2)nc2ccccc21. The average Bonchev–Trinajstić information content (AvgIpc) is 3.23. The van der Waals surface area contributed by atoms with Gasteiger partial charge in [0, 0.05) is 36.1 Å². The molecule has 2 atom stereocenters. The Morgan fingerprint density at radius 3 is 2.67 bits per heavy atom. The first-order valence-electron chi connectivity index (χ1n) is 9.58. The molecule has 2 unspecified atom stereocenters. The lowest BCUT2D eigenvalue weighted by Crippen LogP contribution is -2.24. The smallest absolute Gasteiger partial charge is 0.227 e. The van der Waals surface area contributed by atoms with Gasteiger partial charge in [-0.3, -0.25) is 4.79 Å². The lowest BCUT2D eigenvalue weighted by molar-refractivity contribution is -0.117. The molecule has 3 aromatic rings. The van der Waals surface area contributed by atoms with Crippen LogP contribution in [0.4, 0.5) is 5.69 Å². The molecule has 0 N–H and O–H groups in total. The molecular weight excluding hydrogens is 358 g/mol. The summed E-state index contributed by atoms with van der Waals surface area (Å²) in [7, 11) is 0. The van der Waals surface area contributed by atoms with Gasteiger partial charge in [0.1, 0.15) is 5.82 Å². The highest BCUT2D eigenvalue weighted by molar-refractivity contribution is 6.30. The van der Waals surface area contributed by atoms with Crippen LogP contribution >= 0.6 is 11.6 Å². The Balaban J connectivity index is 1.69. The zero-order valence-corrected chi connectivity index (χ0v) is 16.5. The third-order valence-electron chi connectivity index (χ3n) is 5.50. The minimum absolute atomic E-state index is 0.102. The average molecular weight is 382 g/mol. The Kier molecular flexibility index (Phi) is 4.92. The third kappa shape index (κ3) is 3.46. The summed E-state index contributed by atoms with van der Waals surface area (Å²) in [6, 6.07) is 15.7. The molecule has 0 saturated carbocycles. The topological polar surface area (TPSA) is 38.1 Å². The van der Waals surface area contributed by atoms with Crippen molar-refractivity contribution in [3.63, 3.8) is 0 Å². The van der Waals surface area contributed by atoms with Crippen molar-refractivity contribution < 1.29 is 4.79 Å². The van der Waals surface area contributed by atoms with E-state index in [1.807, 2.05) is 35.2 Å². The van der Waals surface area contributed by atoms with Crippen molar-refractivity contribution >= 4 is 34.2 Å². The van der Waals surface area contributed by atoms with Crippen molar-refractivity contribution in [1.29, 1.82) is 0 Å². The van der Waals surface area contributed by atoms with Crippen LogP contribution in [0.5, 0.6) is 0 Å². The maximum Gasteiger partial charge on any atom is 0.227 e. The number of anilines is 1. The number of benzene rings is 2. The van der Waals surface area contributed by atoms with Crippen LogP contribution < -0.4 is 4.90 Å². The van der Waals surface area contributed by atoms with Crippen LogP contribution in [0.15, 0.2) is 48.5 Å². The van der Waals surface area contributed by atoms with Crippen LogP contribution in [0.3, 0.4) is 0 Å². The largest absolute Gasteiger partial charge is 0.327 e. The zero-order chi connectivity index (χ0) is 19.0. The first kappa shape index (κ1) is 18.1. The molecule has 1 fully saturated rings. The molecule has 1 saturated heterocycles. The van der Waals surface area contributed by atoms with E-state index in [1.54, 1.807) is 0 Å². The van der Waals surface area contributed by atoms with E-state index in [2.05, 4.69) is 36.6 Å². The fraction of sp³-hybridized carbons (Fsp3) is 0.364. The van der Waals surface area contributed by atoms with E-state index in [0.717, 1.165) is 35.5 Å². The second-order valence-corrected chi connectivity index (χ2v) is 7.90. The Morgan fingerprint density at radius 1 is 1.19 bits per heavy atom. The number of hydrogen-bond acceptors (Lipinski definition) is 2. The highest BCUT2D eigenvalue weighted by Crippen LogP contribution is 2.34. The van der Waals surface area contributed by atoms with Gasteiger partial charge in [-0.05, 0) is 42.3 Å². The molecule has 1 amide bonds. The minimum atomic E-state index is 0.102. The molecule has 0 bridgehead atoms. The number of amides is 1. The molecule has 5 heteroatoms. The quantitative estimate of drug-likeness (QED) is 0.604. The second kappa shape index (κ2) is 7.35. The number of carbonyl (C=O) groups excluding carboxylic acids is 1. The lowest BCUT2D eigenvalue weighted by Gasteiger charge is -2.18. The molecule has 0 radical (unpaired) electrons. The molecule has 140 valence electrons. The summed E-state index contributed by atoms with van der Waals surface area (Å²) in [6.45, 7) is 6.06. The molecule has 2 aromatic carbocycles. The Bertz CT molecular complexity index is 963. The Morgan fingerprint density at radius 2 is 1.93 bits per heavy atom. The van der Waals surface area contributed by atoms with Gasteiger partial charge < -0.3 is 9.47 Å². The molecule has 1 aliphatic heterocycles. The number of carbonyl (C=O) groups is 1. The Hall–Kier alpha value is -2.33. The van der Waals surface area contributed by atoms with Crippen LogP contribution in [-0.4, -0.2) is 22.0 Å². The predicted octanol–water partition coefficient (Wildman–Crippen LogP) is 5.26. The number of para-hydroxylation sites is 2. The molecule has 27 heavy (non-hydrogen) atoms. The standard InChI is InChI=1S/C22H24ClN3O/c1-3-15(2)13-26-20-7-5-4-6-19(20)24-22(26)16-12-21(27)25(14-16)18-10-8-17(23)9-11-18/h4-11,15-16H,3,12-14H2,1-2H3. The first-order valence-corrected chi connectivity index (χ1v) is 9.95. The normalized spacial score (nSPS) is 18.4. The summed E-state index contributed by atoms with van der Waals surface area (Å²) < 4.78 is 2.33. The van der Waals surface area contributed by atoms with Crippen LogP contribution in [0.1, 0.15) is 38.4 Å². The third-order valence-corrected chi connectivity index (χ3v) is 5.76. The van der Waals surface area contributed by atoms with Crippen molar-refractivity contribution in [2.75, 3.05) is 11.4 Å². The first-order chi connectivity index (χ1) is 13.1. The number of aromatic nitrogens is 2. The van der Waals surface area contributed by atoms with Gasteiger partial charge >= 0.3 is 0 Å². The van der Waals surface area contributed by atoms with E-state index >= 15 is 0 Å². The number of imidazole rings is 1. The fourth-order valence-corrected chi connectivity index (χ4v) is 3.92. The summed E-state index contributed by atoms with van der Waals surface area (Å²) in [4.78, 5) is 19.5. The van der Waals surface area contributed by atoms with E-state index in [0.29, 0.717) is 23.9 Å². The van der Waals surface area contributed by atoms with Crippen molar-refractivity contribution in [1.82, 2.24) is 9.55 Å². The zero-order valence-electron chi connectivity index (χ0n) is 15.7. The fourth-order valence-electron chi connectivity index (χ4n) is 3.79. The van der Waals surface area contributed by atoms with Crippen LogP contribution in [0.2, 0.25) is 5.02 Å². The van der Waals surface area contributed by atoms with Crippen LogP contribution in [0, 0.1) is 5.92 Å². The highest BCUT2D eigenvalue weighted by Gasteiger charge is 2.34. The number of hydrogen-bond donors (Lipinski definition) is 0. The van der Waals surface area contributed by atoms with Gasteiger partial charge in [-0.25, -0.2) is 4.98 Å². The maximum atomic E-state index is 12.7. The van der Waals surface area contributed by atoms with E-state index in [9.17, 15) is 4.79 Å². The maximum absolute atomic E-state index is 12.7. The van der Waals surface area contributed by atoms with Gasteiger partial charge in [0.25, 0.3) is 0 Å². The summed E-state index contributed by atoms with van der Waals surface area (Å²) in [5.74, 6) is 1.83. The molecule has 1 aromatic heterocycles. The molecule has 4 nitrogen and oxygen atoms in total. The summed E-state index contributed by atoms with van der Waals surface area (Å²) in [6.07, 6.45) is 1.61. The minimum Gasteiger partial charge on any atom is -0.327 e. The van der Waals surface area contributed by atoms with E-state index in [4.69, 9.17) is 16.6 Å². The van der Waals surface area contributed by atoms with E-state index in [-0.39, 0.29) is 11.8 Å². The second-order valence-electron chi connectivity index (χ2n) is 7.46. The van der Waals surface area contributed by atoms with Crippen molar-refractivity contribution in [2.24, 2.45) is 5.92 Å². The summed E-state index contributed by atoms with van der Waals surface area (Å²) in [5.41, 5.74) is 3.06. The van der Waals surface area contributed by atoms with E-state index < -0.39 is 0 Å². The van der Waals surface area contributed by atoms with E-state index in [1.165, 1.54) is 0 Å². The molecule has 0 aliphatic carbocycles. The summed E-state index contributed by atoms with van der Waals surface area (Å²) >= 11 is 5.99.